The number of rotatable bonds is 7. The molecule has 176 valence electrons. The number of thiophene rings is 5. The summed E-state index contributed by atoms with van der Waals surface area (Å²) in [6.45, 7) is 8.50. The largest absolute Gasteiger partial charge is 0.263 e. The zero-order valence-corrected chi connectivity index (χ0v) is 24.4. The zero-order chi connectivity index (χ0) is 24.0. The summed E-state index contributed by atoms with van der Waals surface area (Å²) < 4.78 is 14.2. The summed E-state index contributed by atoms with van der Waals surface area (Å²) in [4.78, 5) is 10.9. The van der Waals surface area contributed by atoms with Gasteiger partial charge in [0.15, 0.2) is 0 Å². The van der Waals surface area contributed by atoms with E-state index in [0.717, 1.165) is 9.77 Å². The monoisotopic (exact) mass is 558 g/mol. The van der Waals surface area contributed by atoms with Crippen LogP contribution in [0.15, 0.2) is 64.2 Å². The molecule has 0 aliphatic carbocycles. The molecule has 7 heteroatoms. The van der Waals surface area contributed by atoms with Crippen molar-refractivity contribution in [2.45, 2.75) is 43.8 Å². The van der Waals surface area contributed by atoms with Crippen LogP contribution in [0.4, 0.5) is 0 Å². The van der Waals surface area contributed by atoms with Crippen molar-refractivity contribution < 1.29 is 4.21 Å². The standard InChI is InChI=1S/C27H26OS6/c1-16(2)24-25(22-12-10-20(31-22)18-8-6-14-29-18)33-26(27(24)34(5,28)17(3)4)23-13-11-21(32-23)19-9-7-15-30-19/h6-17H,5H2,1-4H3. The highest BCUT2D eigenvalue weighted by Gasteiger charge is 2.30. The zero-order valence-electron chi connectivity index (χ0n) is 19.5. The Morgan fingerprint density at radius 3 is 1.62 bits per heavy atom. The molecule has 0 N–H and O–H groups in total. The lowest BCUT2D eigenvalue weighted by atomic mass is 10.0. The third-order valence-electron chi connectivity index (χ3n) is 5.77. The van der Waals surface area contributed by atoms with E-state index in [1.165, 1.54) is 39.7 Å². The minimum atomic E-state index is -2.47. The Balaban J connectivity index is 1.73. The maximum atomic E-state index is 14.2. The summed E-state index contributed by atoms with van der Waals surface area (Å²) in [7, 11) is -2.47. The lowest BCUT2D eigenvalue weighted by Gasteiger charge is -2.18. The van der Waals surface area contributed by atoms with Crippen LogP contribution in [0.3, 0.4) is 0 Å². The molecule has 0 aliphatic heterocycles. The van der Waals surface area contributed by atoms with Gasteiger partial charge in [0.1, 0.15) is 0 Å². The highest BCUT2D eigenvalue weighted by atomic mass is 32.2. The Morgan fingerprint density at radius 1 is 0.676 bits per heavy atom. The van der Waals surface area contributed by atoms with E-state index in [2.05, 4.69) is 79.0 Å². The Kier molecular flexibility index (Phi) is 6.79. The van der Waals surface area contributed by atoms with Crippen LogP contribution in [0, 0.1) is 0 Å². The third kappa shape index (κ3) is 4.31. The van der Waals surface area contributed by atoms with Crippen LogP contribution in [0.5, 0.6) is 0 Å². The third-order valence-corrected chi connectivity index (χ3v) is 14.4. The summed E-state index contributed by atoms with van der Waals surface area (Å²) in [6.07, 6.45) is 0. The van der Waals surface area contributed by atoms with Crippen LogP contribution in [0.2, 0.25) is 0 Å². The normalized spacial score (nSPS) is 13.7. The van der Waals surface area contributed by atoms with Crippen LogP contribution >= 0.6 is 56.7 Å². The van der Waals surface area contributed by atoms with Crippen molar-refractivity contribution in [1.82, 2.24) is 0 Å². The van der Waals surface area contributed by atoms with Crippen molar-refractivity contribution in [2.24, 2.45) is 0 Å². The molecule has 1 unspecified atom stereocenters. The second-order valence-corrected chi connectivity index (χ2v) is 16.6. The highest BCUT2D eigenvalue weighted by molar-refractivity contribution is 8.01. The molecule has 0 radical (unpaired) electrons. The molecule has 34 heavy (non-hydrogen) atoms. The molecular weight excluding hydrogens is 533 g/mol. The molecule has 5 aromatic rings. The molecule has 5 heterocycles. The first kappa shape index (κ1) is 24.2. The lowest BCUT2D eigenvalue weighted by molar-refractivity contribution is 0.673. The van der Waals surface area contributed by atoms with E-state index in [4.69, 9.17) is 0 Å². The van der Waals surface area contributed by atoms with Crippen LogP contribution in [0.1, 0.15) is 39.2 Å². The molecule has 0 saturated heterocycles. The minimum absolute atomic E-state index is 0.0343. The van der Waals surface area contributed by atoms with Gasteiger partial charge in [0.25, 0.3) is 0 Å². The average molecular weight is 559 g/mol. The van der Waals surface area contributed by atoms with E-state index in [1.54, 1.807) is 45.3 Å². The van der Waals surface area contributed by atoms with Gasteiger partial charge in [-0.25, -0.2) is 0 Å². The van der Waals surface area contributed by atoms with Gasteiger partial charge in [-0.1, -0.05) is 39.8 Å². The maximum absolute atomic E-state index is 14.2. The number of hydrogen-bond donors (Lipinski definition) is 0. The highest BCUT2D eigenvalue weighted by Crippen LogP contribution is 2.52. The van der Waals surface area contributed by atoms with Crippen LogP contribution in [-0.4, -0.2) is 15.3 Å². The Bertz CT molecular complexity index is 1500. The first-order valence-electron chi connectivity index (χ1n) is 11.1. The molecule has 0 amide bonds. The topological polar surface area (TPSA) is 17.1 Å². The molecule has 0 fully saturated rings. The first-order valence-corrected chi connectivity index (χ1v) is 17.1. The van der Waals surface area contributed by atoms with Crippen LogP contribution in [0.25, 0.3) is 39.0 Å². The van der Waals surface area contributed by atoms with E-state index in [0.29, 0.717) is 0 Å². The fraction of sp³-hybridized carbons (Fsp3) is 0.222. The Labute approximate surface area is 222 Å². The average Bonchev–Trinajstić information content (AvgIpc) is 3.60. The van der Waals surface area contributed by atoms with Gasteiger partial charge < -0.3 is 0 Å². The molecular formula is C27H26OS6. The van der Waals surface area contributed by atoms with Gasteiger partial charge in [0.05, 0.1) is 9.77 Å². The van der Waals surface area contributed by atoms with Gasteiger partial charge in [-0.3, -0.25) is 4.21 Å². The maximum Gasteiger partial charge on any atom is 0.0608 e. The fourth-order valence-corrected chi connectivity index (χ4v) is 11.5. The molecule has 5 rings (SSSR count). The molecule has 1 nitrogen and oxygen atoms in total. The van der Waals surface area contributed by atoms with Crippen molar-refractivity contribution in [3.8, 4) is 39.0 Å². The van der Waals surface area contributed by atoms with Crippen LogP contribution < -0.4 is 0 Å². The number of hydrogen-bond acceptors (Lipinski definition) is 6. The summed E-state index contributed by atoms with van der Waals surface area (Å²) in [5.74, 6) is 4.58. The second kappa shape index (κ2) is 9.52. The Hall–Kier alpha value is -1.48. The molecule has 0 spiro atoms. The van der Waals surface area contributed by atoms with Crippen molar-refractivity contribution in [1.29, 1.82) is 0 Å². The second-order valence-electron chi connectivity index (χ2n) is 8.72. The predicted molar refractivity (Wildman–Crippen MR) is 160 cm³/mol. The molecule has 0 saturated carbocycles. The van der Waals surface area contributed by atoms with E-state index in [1.807, 2.05) is 25.2 Å². The van der Waals surface area contributed by atoms with E-state index in [9.17, 15) is 4.21 Å². The van der Waals surface area contributed by atoms with Crippen molar-refractivity contribution in [3.63, 3.8) is 0 Å². The van der Waals surface area contributed by atoms with Gasteiger partial charge in [-0.05, 0) is 64.5 Å². The van der Waals surface area contributed by atoms with Gasteiger partial charge in [-0.2, -0.15) is 0 Å². The van der Waals surface area contributed by atoms with E-state index >= 15 is 0 Å². The quantitative estimate of drug-likeness (QED) is 0.182. The van der Waals surface area contributed by atoms with Gasteiger partial charge in [0, 0.05) is 48.9 Å². The lowest BCUT2D eigenvalue weighted by Crippen LogP contribution is -2.16. The summed E-state index contributed by atoms with van der Waals surface area (Å²) >= 11 is 8.94. The van der Waals surface area contributed by atoms with E-state index in [-0.39, 0.29) is 11.2 Å². The first-order chi connectivity index (χ1) is 16.3. The molecule has 0 aromatic carbocycles. The van der Waals surface area contributed by atoms with Crippen molar-refractivity contribution in [2.75, 3.05) is 0 Å². The van der Waals surface area contributed by atoms with Gasteiger partial charge in [-0.15, -0.1) is 56.7 Å². The van der Waals surface area contributed by atoms with Crippen molar-refractivity contribution >= 4 is 72.1 Å². The summed E-state index contributed by atoms with van der Waals surface area (Å²) in [5.41, 5.74) is 1.21. The smallest absolute Gasteiger partial charge is 0.0608 e. The summed E-state index contributed by atoms with van der Waals surface area (Å²) in [5, 5.41) is 4.20. The Morgan fingerprint density at radius 2 is 1.18 bits per heavy atom. The van der Waals surface area contributed by atoms with Crippen LogP contribution in [-0.2, 0) is 9.52 Å². The predicted octanol–water partition coefficient (Wildman–Crippen LogP) is 10.3. The van der Waals surface area contributed by atoms with Crippen molar-refractivity contribution in [3.05, 3.63) is 64.9 Å². The van der Waals surface area contributed by atoms with Gasteiger partial charge >= 0.3 is 0 Å². The molecule has 1 atom stereocenters. The minimum Gasteiger partial charge on any atom is -0.263 e. The van der Waals surface area contributed by atoms with Gasteiger partial charge in [0.2, 0.25) is 0 Å². The molecule has 5 aromatic heterocycles. The fourth-order valence-electron chi connectivity index (χ4n) is 3.90. The summed E-state index contributed by atoms with van der Waals surface area (Å²) in [6, 6.07) is 17.4. The SMILES string of the molecule is C=S(=O)(c1c(-c2ccc(-c3cccs3)s2)sc(-c2ccc(-c3cccs3)s2)c1C(C)C)C(C)C. The molecule has 0 bridgehead atoms. The van der Waals surface area contributed by atoms with E-state index < -0.39 is 9.52 Å². The molecule has 0 aliphatic rings.